The molecule has 0 rings (SSSR count). The van der Waals surface area contributed by atoms with Crippen LogP contribution in [0.1, 0.15) is 19.8 Å². The number of unbranched alkanes of at least 4 members (excludes halogenated alkanes) is 1. The molecular weight excluding hydrogens is 110 g/mol. The third kappa shape index (κ3) is 8.88. The van der Waals surface area contributed by atoms with E-state index in [0.717, 1.165) is 6.42 Å². The van der Waals surface area contributed by atoms with E-state index >= 15 is 0 Å². The van der Waals surface area contributed by atoms with Crippen LogP contribution in [0.15, 0.2) is 0 Å². The third-order valence-electron chi connectivity index (χ3n) is 0.362. The predicted molar refractivity (Wildman–Crippen MR) is 20.5 cm³/mol. The molecule has 0 amide bonds. The second-order valence-electron chi connectivity index (χ2n) is 0.908. The van der Waals surface area contributed by atoms with Gasteiger partial charge >= 0.3 is 0 Å². The van der Waals surface area contributed by atoms with E-state index in [0.29, 0.717) is 6.42 Å². The predicted octanol–water partition coefficient (Wildman–Crippen LogP) is 1.31. The number of rotatable bonds is 1. The molecule has 0 saturated carbocycles. The van der Waals surface area contributed by atoms with Gasteiger partial charge in [-0.3, -0.25) is 0 Å². The summed E-state index contributed by atoms with van der Waals surface area (Å²) in [5.41, 5.74) is 0. The molecule has 0 aliphatic carbocycles. The Labute approximate surface area is 53.2 Å². The standard InChI is InChI=1S/C4H7N.Ti/c1-2-3-4-5;/h2-3H2,1H3;. The molecule has 0 aromatic carbocycles. The molecule has 0 spiro atoms. The molecule has 0 saturated heterocycles. The summed E-state index contributed by atoms with van der Waals surface area (Å²) in [6.45, 7) is 1.99. The van der Waals surface area contributed by atoms with E-state index in [9.17, 15) is 0 Å². The van der Waals surface area contributed by atoms with Crippen molar-refractivity contribution < 1.29 is 21.7 Å². The molecule has 0 radical (unpaired) electrons. The van der Waals surface area contributed by atoms with Crippen molar-refractivity contribution >= 4 is 0 Å². The van der Waals surface area contributed by atoms with Crippen molar-refractivity contribution in [1.82, 2.24) is 0 Å². The zero-order chi connectivity index (χ0) is 4.12. The van der Waals surface area contributed by atoms with Crippen LogP contribution in [-0.4, -0.2) is 0 Å². The first kappa shape index (κ1) is 9.51. The monoisotopic (exact) mass is 117 g/mol. The minimum Gasteiger partial charge on any atom is -0.198 e. The fourth-order valence-corrected chi connectivity index (χ4v) is 0.112. The molecule has 0 heterocycles. The fourth-order valence-electron chi connectivity index (χ4n) is 0.112. The first-order valence-corrected chi connectivity index (χ1v) is 1.78. The van der Waals surface area contributed by atoms with E-state index in [4.69, 9.17) is 5.26 Å². The Balaban J connectivity index is 0. The Hall–Kier alpha value is 0.204. The van der Waals surface area contributed by atoms with E-state index in [1.807, 2.05) is 13.0 Å². The van der Waals surface area contributed by atoms with E-state index in [2.05, 4.69) is 0 Å². The fraction of sp³-hybridized carbons (Fsp3) is 0.750. The van der Waals surface area contributed by atoms with Crippen LogP contribution in [0.2, 0.25) is 0 Å². The first-order valence-electron chi connectivity index (χ1n) is 1.78. The first-order chi connectivity index (χ1) is 2.41. The van der Waals surface area contributed by atoms with Crippen molar-refractivity contribution in [2.45, 2.75) is 19.8 Å². The normalized spacial score (nSPS) is 5.33. The second kappa shape index (κ2) is 8.96. The van der Waals surface area contributed by atoms with Crippen LogP contribution in [0.25, 0.3) is 0 Å². The van der Waals surface area contributed by atoms with Gasteiger partial charge in [0.1, 0.15) is 0 Å². The number of nitrogens with zero attached hydrogens (tertiary/aromatic N) is 1. The van der Waals surface area contributed by atoms with Crippen molar-refractivity contribution in [3.05, 3.63) is 0 Å². The smallest absolute Gasteiger partial charge is 0.0621 e. The summed E-state index contributed by atoms with van der Waals surface area (Å²) in [6, 6.07) is 2.02. The van der Waals surface area contributed by atoms with Gasteiger partial charge in [0.2, 0.25) is 0 Å². The Bertz CT molecular complexity index is 46.0. The minimum atomic E-state index is 0. The van der Waals surface area contributed by atoms with E-state index in [-0.39, 0.29) is 21.7 Å². The maximum atomic E-state index is 7.82. The zero-order valence-electron chi connectivity index (χ0n) is 3.86. The quantitative estimate of drug-likeness (QED) is 0.475. The Morgan fingerprint density at radius 3 is 2.17 bits per heavy atom. The molecule has 0 aliphatic heterocycles. The molecular formula is C4H7NTi. The van der Waals surface area contributed by atoms with Crippen LogP contribution in [0, 0.1) is 11.3 Å². The van der Waals surface area contributed by atoms with Crippen LogP contribution in [0.4, 0.5) is 0 Å². The topological polar surface area (TPSA) is 23.8 Å². The SMILES string of the molecule is CCCC#N.[Ti]. The van der Waals surface area contributed by atoms with E-state index in [1.54, 1.807) is 0 Å². The number of hydrogen-bond acceptors (Lipinski definition) is 1. The van der Waals surface area contributed by atoms with Crippen molar-refractivity contribution in [3.63, 3.8) is 0 Å². The van der Waals surface area contributed by atoms with Crippen molar-refractivity contribution in [2.24, 2.45) is 0 Å². The molecule has 0 N–H and O–H groups in total. The van der Waals surface area contributed by atoms with Crippen LogP contribution < -0.4 is 0 Å². The molecule has 1 nitrogen and oxygen atoms in total. The number of nitriles is 1. The third-order valence-corrected chi connectivity index (χ3v) is 0.362. The van der Waals surface area contributed by atoms with Crippen LogP contribution in [0.5, 0.6) is 0 Å². The second-order valence-corrected chi connectivity index (χ2v) is 0.908. The van der Waals surface area contributed by atoms with Gasteiger partial charge < -0.3 is 0 Å². The maximum absolute atomic E-state index is 7.82. The minimum absolute atomic E-state index is 0. The van der Waals surface area contributed by atoms with E-state index in [1.165, 1.54) is 0 Å². The molecule has 2 heteroatoms. The van der Waals surface area contributed by atoms with Crippen LogP contribution >= 0.6 is 0 Å². The average Bonchev–Trinajstić information content (AvgIpc) is 1.41. The van der Waals surface area contributed by atoms with Crippen LogP contribution in [-0.2, 0) is 21.7 Å². The zero-order valence-corrected chi connectivity index (χ0v) is 5.42. The van der Waals surface area contributed by atoms with Gasteiger partial charge in [0.05, 0.1) is 6.07 Å². The molecule has 0 unspecified atom stereocenters. The van der Waals surface area contributed by atoms with Gasteiger partial charge in [-0.15, -0.1) is 0 Å². The maximum Gasteiger partial charge on any atom is 0.0621 e. The van der Waals surface area contributed by atoms with Gasteiger partial charge in [0.15, 0.2) is 0 Å². The summed E-state index contributed by atoms with van der Waals surface area (Å²) < 4.78 is 0. The summed E-state index contributed by atoms with van der Waals surface area (Å²) in [4.78, 5) is 0. The Morgan fingerprint density at radius 2 is 2.17 bits per heavy atom. The van der Waals surface area contributed by atoms with E-state index < -0.39 is 0 Å². The molecule has 32 valence electrons. The average molecular weight is 117 g/mol. The Morgan fingerprint density at radius 1 is 1.67 bits per heavy atom. The molecule has 0 atom stereocenters. The van der Waals surface area contributed by atoms with Gasteiger partial charge in [0.25, 0.3) is 0 Å². The number of hydrogen-bond donors (Lipinski definition) is 0. The van der Waals surface area contributed by atoms with Gasteiger partial charge in [-0.2, -0.15) is 5.26 Å². The van der Waals surface area contributed by atoms with Crippen molar-refractivity contribution in [2.75, 3.05) is 0 Å². The largest absolute Gasteiger partial charge is 0.198 e. The summed E-state index contributed by atoms with van der Waals surface area (Å²) in [7, 11) is 0. The molecule has 0 bridgehead atoms. The van der Waals surface area contributed by atoms with Crippen molar-refractivity contribution in [1.29, 1.82) is 5.26 Å². The van der Waals surface area contributed by atoms with Crippen LogP contribution in [0.3, 0.4) is 0 Å². The summed E-state index contributed by atoms with van der Waals surface area (Å²) in [5, 5.41) is 7.82. The molecule has 6 heavy (non-hydrogen) atoms. The van der Waals surface area contributed by atoms with Gasteiger partial charge in [-0.1, -0.05) is 6.92 Å². The van der Waals surface area contributed by atoms with Gasteiger partial charge in [0, 0.05) is 28.1 Å². The Kier molecular flexibility index (Phi) is 14.2. The van der Waals surface area contributed by atoms with Gasteiger partial charge in [-0.05, 0) is 6.42 Å². The molecule has 0 fully saturated rings. The summed E-state index contributed by atoms with van der Waals surface area (Å²) >= 11 is 0. The molecule has 0 aliphatic rings. The van der Waals surface area contributed by atoms with Gasteiger partial charge in [-0.25, -0.2) is 0 Å². The summed E-state index contributed by atoms with van der Waals surface area (Å²) in [6.07, 6.45) is 1.68. The summed E-state index contributed by atoms with van der Waals surface area (Å²) in [5.74, 6) is 0. The molecule has 0 aromatic heterocycles. The van der Waals surface area contributed by atoms with Crippen molar-refractivity contribution in [3.8, 4) is 6.07 Å². The molecule has 0 aromatic rings.